The molecule has 0 spiro atoms. The molecule has 2 aromatic heterocycles. The molecule has 7 heteroatoms. The van der Waals surface area contributed by atoms with E-state index in [1.54, 1.807) is 12.3 Å². The van der Waals surface area contributed by atoms with E-state index >= 15 is 0 Å². The van der Waals surface area contributed by atoms with Gasteiger partial charge in [-0.2, -0.15) is 5.10 Å². The molecule has 0 saturated heterocycles. The summed E-state index contributed by atoms with van der Waals surface area (Å²) in [4.78, 5) is 25.4. The van der Waals surface area contributed by atoms with Crippen molar-refractivity contribution < 1.29 is 9.59 Å². The van der Waals surface area contributed by atoms with Gasteiger partial charge in [0.25, 0.3) is 5.91 Å². The summed E-state index contributed by atoms with van der Waals surface area (Å²) in [7, 11) is 0. The number of rotatable bonds is 7. The molecule has 1 atom stereocenters. The average Bonchev–Trinajstić information content (AvgIpc) is 3.38. The van der Waals surface area contributed by atoms with Crippen LogP contribution in [0.1, 0.15) is 29.1 Å². The minimum atomic E-state index is -0.580. The van der Waals surface area contributed by atoms with E-state index in [-0.39, 0.29) is 17.7 Å². The number of nitrogens with zero attached hydrogens (tertiary/aromatic N) is 1. The van der Waals surface area contributed by atoms with E-state index in [2.05, 4.69) is 20.8 Å². The zero-order chi connectivity index (χ0) is 19.2. The van der Waals surface area contributed by atoms with E-state index in [9.17, 15) is 9.59 Å². The molecule has 27 heavy (non-hydrogen) atoms. The maximum absolute atomic E-state index is 12.6. The minimum absolute atomic E-state index is 0.0170. The van der Waals surface area contributed by atoms with Crippen molar-refractivity contribution in [3.8, 4) is 11.3 Å². The number of H-pyrrole nitrogens is 1. The standard InChI is InChI=1S/C20H22N4O2S/c1-13(2)18(23-19(25)17-4-3-11-27-17)20(26)21-12-14-5-7-15(8-6-14)16-9-10-22-24-16/h3-11,13,18H,12H2,1-2H3,(H,21,26)(H,22,24)(H,23,25). The molecule has 0 aliphatic carbocycles. The van der Waals surface area contributed by atoms with Crippen LogP contribution in [-0.2, 0) is 11.3 Å². The van der Waals surface area contributed by atoms with Gasteiger partial charge in [0.2, 0.25) is 5.91 Å². The van der Waals surface area contributed by atoms with Crippen molar-refractivity contribution in [1.29, 1.82) is 0 Å². The molecule has 0 bridgehead atoms. The number of carbonyl (C=O) groups is 2. The smallest absolute Gasteiger partial charge is 0.262 e. The van der Waals surface area contributed by atoms with Crippen molar-refractivity contribution in [3.05, 3.63) is 64.5 Å². The molecule has 1 unspecified atom stereocenters. The van der Waals surface area contributed by atoms with Crippen molar-refractivity contribution in [2.75, 3.05) is 0 Å². The fraction of sp³-hybridized carbons (Fsp3) is 0.250. The molecule has 0 saturated carbocycles. The predicted octanol–water partition coefficient (Wildman–Crippen LogP) is 3.21. The van der Waals surface area contributed by atoms with Gasteiger partial charge < -0.3 is 10.6 Å². The van der Waals surface area contributed by atoms with Crippen LogP contribution in [0, 0.1) is 5.92 Å². The summed E-state index contributed by atoms with van der Waals surface area (Å²) >= 11 is 1.36. The van der Waals surface area contributed by atoms with Gasteiger partial charge in [0, 0.05) is 12.7 Å². The Balaban J connectivity index is 1.58. The number of amides is 2. The van der Waals surface area contributed by atoms with Crippen molar-refractivity contribution in [2.24, 2.45) is 5.92 Å². The lowest BCUT2D eigenvalue weighted by Crippen LogP contribution is -2.49. The number of aromatic amines is 1. The summed E-state index contributed by atoms with van der Waals surface area (Å²) < 4.78 is 0. The molecular formula is C20H22N4O2S. The Morgan fingerprint density at radius 1 is 1.15 bits per heavy atom. The van der Waals surface area contributed by atoms with Crippen molar-refractivity contribution in [2.45, 2.75) is 26.4 Å². The quantitative estimate of drug-likeness (QED) is 0.586. The average molecular weight is 382 g/mol. The number of aromatic nitrogens is 2. The van der Waals surface area contributed by atoms with Gasteiger partial charge in [-0.1, -0.05) is 44.2 Å². The molecule has 0 aliphatic rings. The highest BCUT2D eigenvalue weighted by molar-refractivity contribution is 7.12. The number of hydrogen-bond donors (Lipinski definition) is 3. The summed E-state index contributed by atoms with van der Waals surface area (Å²) in [6, 6.07) is 12.8. The first-order valence-electron chi connectivity index (χ1n) is 8.75. The van der Waals surface area contributed by atoms with Crippen LogP contribution in [0.25, 0.3) is 11.3 Å². The van der Waals surface area contributed by atoms with Crippen molar-refractivity contribution >= 4 is 23.2 Å². The van der Waals surface area contributed by atoms with Gasteiger partial charge in [0.15, 0.2) is 0 Å². The lowest BCUT2D eigenvalue weighted by Gasteiger charge is -2.21. The monoisotopic (exact) mass is 382 g/mol. The number of benzene rings is 1. The van der Waals surface area contributed by atoms with Gasteiger partial charge in [-0.25, -0.2) is 0 Å². The van der Waals surface area contributed by atoms with E-state index in [4.69, 9.17) is 0 Å². The minimum Gasteiger partial charge on any atom is -0.350 e. The summed E-state index contributed by atoms with van der Waals surface area (Å²) in [5, 5.41) is 14.4. The first-order chi connectivity index (χ1) is 13.0. The molecule has 3 rings (SSSR count). The maximum atomic E-state index is 12.6. The van der Waals surface area contributed by atoms with Crippen LogP contribution < -0.4 is 10.6 Å². The molecule has 6 nitrogen and oxygen atoms in total. The molecule has 3 N–H and O–H groups in total. The summed E-state index contributed by atoms with van der Waals surface area (Å²) in [6.45, 7) is 4.23. The van der Waals surface area contributed by atoms with Crippen LogP contribution in [0.5, 0.6) is 0 Å². The van der Waals surface area contributed by atoms with E-state index < -0.39 is 6.04 Å². The van der Waals surface area contributed by atoms with Gasteiger partial charge in [0.1, 0.15) is 6.04 Å². The molecule has 0 aliphatic heterocycles. The highest BCUT2D eigenvalue weighted by atomic mass is 32.1. The van der Waals surface area contributed by atoms with Gasteiger partial charge in [0.05, 0.1) is 10.6 Å². The van der Waals surface area contributed by atoms with Gasteiger partial charge in [-0.05, 0) is 34.6 Å². The Morgan fingerprint density at radius 2 is 1.93 bits per heavy atom. The normalized spacial score (nSPS) is 12.0. The molecule has 1 aromatic carbocycles. The Kier molecular flexibility index (Phi) is 6.03. The Hall–Kier alpha value is -2.93. The lowest BCUT2D eigenvalue weighted by molar-refractivity contribution is -0.124. The Bertz CT molecular complexity index is 871. The topological polar surface area (TPSA) is 86.9 Å². The highest BCUT2D eigenvalue weighted by Gasteiger charge is 2.24. The van der Waals surface area contributed by atoms with Crippen LogP contribution in [-0.4, -0.2) is 28.1 Å². The van der Waals surface area contributed by atoms with Crippen molar-refractivity contribution in [3.63, 3.8) is 0 Å². The lowest BCUT2D eigenvalue weighted by atomic mass is 10.0. The zero-order valence-corrected chi connectivity index (χ0v) is 16.0. The third-order valence-corrected chi connectivity index (χ3v) is 5.08. The van der Waals surface area contributed by atoms with Crippen LogP contribution in [0.15, 0.2) is 54.0 Å². The Labute approximate surface area is 162 Å². The van der Waals surface area contributed by atoms with Crippen LogP contribution in [0.2, 0.25) is 0 Å². The number of hydrogen-bond acceptors (Lipinski definition) is 4. The van der Waals surface area contributed by atoms with Gasteiger partial charge in [-0.15, -0.1) is 11.3 Å². The van der Waals surface area contributed by atoms with Crippen LogP contribution in [0.4, 0.5) is 0 Å². The van der Waals surface area contributed by atoms with E-state index in [1.165, 1.54) is 11.3 Å². The molecule has 0 fully saturated rings. The van der Waals surface area contributed by atoms with Crippen LogP contribution >= 0.6 is 11.3 Å². The fourth-order valence-electron chi connectivity index (χ4n) is 2.67. The molecule has 2 heterocycles. The predicted molar refractivity (Wildman–Crippen MR) is 106 cm³/mol. The number of carbonyl (C=O) groups excluding carboxylic acids is 2. The molecule has 0 radical (unpaired) electrons. The Morgan fingerprint density at radius 3 is 2.52 bits per heavy atom. The summed E-state index contributed by atoms with van der Waals surface area (Å²) in [6.07, 6.45) is 1.71. The summed E-state index contributed by atoms with van der Waals surface area (Å²) in [5.74, 6) is -0.424. The first kappa shape index (κ1) is 18.8. The number of nitrogens with one attached hydrogen (secondary N) is 3. The zero-order valence-electron chi connectivity index (χ0n) is 15.2. The highest BCUT2D eigenvalue weighted by Crippen LogP contribution is 2.16. The third-order valence-electron chi connectivity index (χ3n) is 4.21. The second-order valence-corrected chi connectivity index (χ2v) is 7.51. The van der Waals surface area contributed by atoms with Crippen molar-refractivity contribution in [1.82, 2.24) is 20.8 Å². The van der Waals surface area contributed by atoms with Gasteiger partial charge >= 0.3 is 0 Å². The SMILES string of the molecule is CC(C)C(NC(=O)c1cccs1)C(=O)NCc1ccc(-c2ccn[nH]2)cc1. The van der Waals surface area contributed by atoms with E-state index in [0.717, 1.165) is 16.8 Å². The van der Waals surface area contributed by atoms with Gasteiger partial charge in [-0.3, -0.25) is 14.7 Å². The summed E-state index contributed by atoms with van der Waals surface area (Å²) in [5.41, 5.74) is 2.96. The third kappa shape index (κ3) is 4.83. The largest absolute Gasteiger partial charge is 0.350 e. The van der Waals surface area contributed by atoms with Crippen LogP contribution in [0.3, 0.4) is 0 Å². The molecule has 2 amide bonds. The molecular weight excluding hydrogens is 360 g/mol. The van der Waals surface area contributed by atoms with E-state index in [1.807, 2.05) is 55.6 Å². The molecule has 3 aromatic rings. The maximum Gasteiger partial charge on any atom is 0.262 e. The first-order valence-corrected chi connectivity index (χ1v) is 9.63. The second-order valence-electron chi connectivity index (χ2n) is 6.56. The second kappa shape index (κ2) is 8.64. The van der Waals surface area contributed by atoms with E-state index in [0.29, 0.717) is 11.4 Å². The fourth-order valence-corrected chi connectivity index (χ4v) is 3.30. The number of thiophene rings is 1. The molecule has 140 valence electrons.